The molecule has 8 heteroatoms. The third kappa shape index (κ3) is 3.63. The number of H-pyrrole nitrogens is 1. The number of nitrogens with one attached hydrogen (secondary N) is 1. The van der Waals surface area contributed by atoms with Crippen molar-refractivity contribution in [3.8, 4) is 11.3 Å². The van der Waals surface area contributed by atoms with Gasteiger partial charge < -0.3 is 10.0 Å². The largest absolute Gasteiger partial charge is 0.393 e. The van der Waals surface area contributed by atoms with Crippen LogP contribution in [0.25, 0.3) is 11.3 Å². The maximum Gasteiger partial charge on any atom is 0.271 e. The molecule has 1 saturated heterocycles. The lowest BCUT2D eigenvalue weighted by Gasteiger charge is -2.20. The molecule has 0 radical (unpaired) electrons. The highest BCUT2D eigenvalue weighted by molar-refractivity contribution is 6.30. The fourth-order valence-electron chi connectivity index (χ4n) is 3.74. The van der Waals surface area contributed by atoms with Crippen LogP contribution in [0.4, 0.5) is 0 Å². The normalized spacial score (nSPS) is 20.3. The maximum atomic E-state index is 13.0. The predicted molar refractivity (Wildman–Crippen MR) is 105 cm³/mol. The molecular formula is C20H20ClN5O2. The Morgan fingerprint density at radius 1 is 1.25 bits per heavy atom. The van der Waals surface area contributed by atoms with Crippen LogP contribution in [0, 0.1) is 5.92 Å². The van der Waals surface area contributed by atoms with Crippen LogP contribution in [0.2, 0.25) is 5.02 Å². The summed E-state index contributed by atoms with van der Waals surface area (Å²) in [7, 11) is 0. The molecular weight excluding hydrogens is 378 g/mol. The van der Waals surface area contributed by atoms with Gasteiger partial charge in [-0.2, -0.15) is 15.3 Å². The SMILES string of the molecule is C[C@H](O)[C@@H]1CN(C(=O)c2cc(-c3ccnnc3)n[nH]2)C[C@H]1c1ccc(Cl)cc1. The van der Waals surface area contributed by atoms with Crippen LogP contribution in [0.5, 0.6) is 0 Å². The van der Waals surface area contributed by atoms with Gasteiger partial charge in [-0.05, 0) is 36.8 Å². The summed E-state index contributed by atoms with van der Waals surface area (Å²) in [6.45, 7) is 2.78. The molecule has 3 aromatic rings. The molecule has 3 atom stereocenters. The van der Waals surface area contributed by atoms with Crippen LogP contribution in [-0.2, 0) is 0 Å². The van der Waals surface area contributed by atoms with Gasteiger partial charge in [-0.25, -0.2) is 0 Å². The van der Waals surface area contributed by atoms with Gasteiger partial charge in [-0.15, -0.1) is 0 Å². The Hall–Kier alpha value is -2.77. The van der Waals surface area contributed by atoms with Crippen LogP contribution in [0.3, 0.4) is 0 Å². The Kier molecular flexibility index (Phi) is 5.11. The number of rotatable bonds is 4. The number of aromatic nitrogens is 4. The fraction of sp³-hybridized carbons (Fsp3) is 0.300. The zero-order valence-electron chi connectivity index (χ0n) is 15.3. The van der Waals surface area contributed by atoms with Gasteiger partial charge in [-0.3, -0.25) is 9.89 Å². The molecule has 1 aliphatic rings. The first-order valence-corrected chi connectivity index (χ1v) is 9.46. The van der Waals surface area contributed by atoms with E-state index < -0.39 is 6.10 Å². The molecule has 0 spiro atoms. The van der Waals surface area contributed by atoms with Gasteiger partial charge in [0.15, 0.2) is 0 Å². The summed E-state index contributed by atoms with van der Waals surface area (Å²) < 4.78 is 0. The van der Waals surface area contributed by atoms with Gasteiger partial charge in [0, 0.05) is 35.5 Å². The Morgan fingerprint density at radius 3 is 2.71 bits per heavy atom. The molecule has 4 rings (SSSR count). The summed E-state index contributed by atoms with van der Waals surface area (Å²) in [5, 5.41) is 25.5. The molecule has 0 bridgehead atoms. The van der Waals surface area contributed by atoms with Gasteiger partial charge in [0.05, 0.1) is 24.2 Å². The van der Waals surface area contributed by atoms with Crippen molar-refractivity contribution in [3.05, 3.63) is 65.1 Å². The molecule has 0 aliphatic carbocycles. The molecule has 0 saturated carbocycles. The van der Waals surface area contributed by atoms with E-state index in [0.29, 0.717) is 29.5 Å². The van der Waals surface area contributed by atoms with Crippen molar-refractivity contribution in [2.45, 2.75) is 18.9 Å². The van der Waals surface area contributed by atoms with Crippen LogP contribution in [0.15, 0.2) is 48.8 Å². The lowest BCUT2D eigenvalue weighted by atomic mass is 9.86. The summed E-state index contributed by atoms with van der Waals surface area (Å²) in [6.07, 6.45) is 2.65. The quantitative estimate of drug-likeness (QED) is 0.705. The van der Waals surface area contributed by atoms with Crippen LogP contribution in [-0.4, -0.2) is 55.5 Å². The zero-order chi connectivity index (χ0) is 19.7. The molecule has 0 unspecified atom stereocenters. The molecule has 1 aliphatic heterocycles. The number of aliphatic hydroxyl groups is 1. The van der Waals surface area contributed by atoms with E-state index in [0.717, 1.165) is 11.1 Å². The molecule has 1 fully saturated rings. The number of amides is 1. The first kappa shape index (κ1) is 18.6. The van der Waals surface area contributed by atoms with Crippen LogP contribution >= 0.6 is 11.6 Å². The van der Waals surface area contributed by atoms with Crippen LogP contribution < -0.4 is 0 Å². The second-order valence-electron chi connectivity index (χ2n) is 7.07. The van der Waals surface area contributed by atoms with Gasteiger partial charge in [0.2, 0.25) is 0 Å². The summed E-state index contributed by atoms with van der Waals surface area (Å²) in [6, 6.07) is 11.1. The van der Waals surface area contributed by atoms with E-state index in [1.54, 1.807) is 36.4 Å². The second-order valence-corrected chi connectivity index (χ2v) is 7.51. The van der Waals surface area contributed by atoms with E-state index in [1.165, 1.54) is 0 Å². The van der Waals surface area contributed by atoms with Crippen molar-refractivity contribution in [2.75, 3.05) is 13.1 Å². The van der Waals surface area contributed by atoms with Crippen molar-refractivity contribution >= 4 is 17.5 Å². The second kappa shape index (κ2) is 7.69. The van der Waals surface area contributed by atoms with E-state index in [1.807, 2.05) is 24.3 Å². The zero-order valence-corrected chi connectivity index (χ0v) is 16.0. The number of aliphatic hydroxyl groups excluding tert-OH is 1. The van der Waals surface area contributed by atoms with Gasteiger partial charge in [0.1, 0.15) is 5.69 Å². The number of hydrogen-bond acceptors (Lipinski definition) is 5. The topological polar surface area (TPSA) is 95.0 Å². The van der Waals surface area contributed by atoms with E-state index in [9.17, 15) is 9.90 Å². The third-order valence-corrected chi connectivity index (χ3v) is 5.51. The maximum absolute atomic E-state index is 13.0. The van der Waals surface area contributed by atoms with E-state index in [2.05, 4.69) is 20.4 Å². The molecule has 1 aromatic carbocycles. The number of carbonyl (C=O) groups excluding carboxylic acids is 1. The average Bonchev–Trinajstić information content (AvgIpc) is 3.37. The lowest BCUT2D eigenvalue weighted by molar-refractivity contribution is 0.0756. The highest BCUT2D eigenvalue weighted by Gasteiger charge is 2.39. The third-order valence-electron chi connectivity index (χ3n) is 5.26. The minimum Gasteiger partial charge on any atom is -0.393 e. The molecule has 28 heavy (non-hydrogen) atoms. The van der Waals surface area contributed by atoms with Crippen molar-refractivity contribution in [3.63, 3.8) is 0 Å². The van der Waals surface area contributed by atoms with Crippen molar-refractivity contribution in [2.24, 2.45) is 5.92 Å². The van der Waals surface area contributed by atoms with Crippen molar-refractivity contribution in [1.82, 2.24) is 25.3 Å². The number of halogens is 1. The van der Waals surface area contributed by atoms with Gasteiger partial charge in [0.25, 0.3) is 5.91 Å². The number of hydrogen-bond donors (Lipinski definition) is 2. The lowest BCUT2D eigenvalue weighted by Crippen LogP contribution is -2.30. The first-order valence-electron chi connectivity index (χ1n) is 9.08. The number of nitrogens with zero attached hydrogens (tertiary/aromatic N) is 4. The molecule has 2 N–H and O–H groups in total. The minimum atomic E-state index is -0.529. The summed E-state index contributed by atoms with van der Waals surface area (Å²) in [5.74, 6) is -0.132. The molecule has 7 nitrogen and oxygen atoms in total. The molecule has 3 heterocycles. The summed E-state index contributed by atoms with van der Waals surface area (Å²) in [4.78, 5) is 14.8. The summed E-state index contributed by atoms with van der Waals surface area (Å²) in [5.41, 5.74) is 2.90. The van der Waals surface area contributed by atoms with E-state index >= 15 is 0 Å². The van der Waals surface area contributed by atoms with Crippen molar-refractivity contribution in [1.29, 1.82) is 0 Å². The van der Waals surface area contributed by atoms with Crippen molar-refractivity contribution < 1.29 is 9.90 Å². The number of likely N-dealkylation sites (tertiary alicyclic amines) is 1. The molecule has 144 valence electrons. The predicted octanol–water partition coefficient (Wildman–Crippen LogP) is 2.76. The standard InChI is InChI=1S/C20H20ClN5O2/c1-12(27)16-10-26(11-17(16)13-2-4-15(21)5-3-13)20(28)19-8-18(24-25-19)14-6-7-22-23-9-14/h2-9,12,16-17,27H,10-11H2,1H3,(H,24,25)/t12-,16-,17-/m0/s1. The number of benzene rings is 1. The molecule has 1 amide bonds. The van der Waals surface area contributed by atoms with Gasteiger partial charge in [-0.1, -0.05) is 23.7 Å². The molecule has 2 aromatic heterocycles. The number of aromatic amines is 1. The average molecular weight is 398 g/mol. The minimum absolute atomic E-state index is 0.0445. The monoisotopic (exact) mass is 397 g/mol. The first-order chi connectivity index (χ1) is 13.5. The highest BCUT2D eigenvalue weighted by atomic mass is 35.5. The van der Waals surface area contributed by atoms with E-state index in [-0.39, 0.29) is 17.7 Å². The number of carbonyl (C=O) groups is 1. The Balaban J connectivity index is 1.55. The Morgan fingerprint density at radius 2 is 2.04 bits per heavy atom. The van der Waals surface area contributed by atoms with Gasteiger partial charge >= 0.3 is 0 Å². The highest BCUT2D eigenvalue weighted by Crippen LogP contribution is 2.36. The van der Waals surface area contributed by atoms with Crippen LogP contribution in [0.1, 0.15) is 28.9 Å². The van der Waals surface area contributed by atoms with E-state index in [4.69, 9.17) is 11.6 Å². The Labute approximate surface area is 167 Å². The Bertz CT molecular complexity index is 958. The smallest absolute Gasteiger partial charge is 0.271 e. The summed E-state index contributed by atoms with van der Waals surface area (Å²) >= 11 is 6.00. The fourth-order valence-corrected chi connectivity index (χ4v) is 3.86.